The summed E-state index contributed by atoms with van der Waals surface area (Å²) in [6.07, 6.45) is 2.46. The lowest BCUT2D eigenvalue weighted by atomic mass is 10.1. The van der Waals surface area contributed by atoms with Crippen molar-refractivity contribution < 1.29 is 14.6 Å². The van der Waals surface area contributed by atoms with Gasteiger partial charge in [0.15, 0.2) is 5.69 Å². The van der Waals surface area contributed by atoms with E-state index in [1.165, 1.54) is 17.3 Å². The second-order valence-electron chi connectivity index (χ2n) is 6.09. The third kappa shape index (κ3) is 3.56. The summed E-state index contributed by atoms with van der Waals surface area (Å²) < 4.78 is 7.20. The number of ether oxygens (including phenoxy) is 1. The molecule has 1 aromatic heterocycles. The number of hydrogen-bond donors (Lipinski definition) is 1. The van der Waals surface area contributed by atoms with Gasteiger partial charge in [0, 0.05) is 19.6 Å². The molecule has 7 nitrogen and oxygen atoms in total. The van der Waals surface area contributed by atoms with Crippen molar-refractivity contribution in [3.05, 3.63) is 41.2 Å². The Hall–Kier alpha value is -2.41. The van der Waals surface area contributed by atoms with Crippen molar-refractivity contribution in [1.29, 1.82) is 0 Å². The van der Waals surface area contributed by atoms with E-state index in [4.69, 9.17) is 9.84 Å². The van der Waals surface area contributed by atoms with E-state index in [1.807, 2.05) is 13.0 Å². The first kappa shape index (κ1) is 16.4. The standard InChI is InChI=1S/C17H22N4O3/c1-3-24-15-5-4-13(12(2)8-15)9-20-7-6-14(10-20)21-11-16(17(22)23)18-19-21/h4-5,8,11,14H,3,6-7,9-10H2,1-2H3,(H,22,23). The zero-order chi connectivity index (χ0) is 17.1. The molecule has 1 fully saturated rings. The predicted molar refractivity (Wildman–Crippen MR) is 88.3 cm³/mol. The van der Waals surface area contributed by atoms with Crippen LogP contribution in [0.4, 0.5) is 0 Å². The first-order valence-electron chi connectivity index (χ1n) is 8.16. The Balaban J connectivity index is 1.62. The molecule has 3 rings (SSSR count). The van der Waals surface area contributed by atoms with Crippen molar-refractivity contribution in [2.45, 2.75) is 32.9 Å². The van der Waals surface area contributed by atoms with Gasteiger partial charge < -0.3 is 9.84 Å². The van der Waals surface area contributed by atoms with Crippen LogP contribution in [0.3, 0.4) is 0 Å². The van der Waals surface area contributed by atoms with Gasteiger partial charge in [0.2, 0.25) is 0 Å². The molecule has 128 valence electrons. The number of benzene rings is 1. The Labute approximate surface area is 140 Å². The van der Waals surface area contributed by atoms with Crippen LogP contribution in [-0.4, -0.2) is 50.7 Å². The SMILES string of the molecule is CCOc1ccc(CN2CCC(n3cc(C(=O)O)nn3)C2)c(C)c1. The van der Waals surface area contributed by atoms with Gasteiger partial charge in [0.25, 0.3) is 0 Å². The van der Waals surface area contributed by atoms with Gasteiger partial charge in [-0.1, -0.05) is 11.3 Å². The summed E-state index contributed by atoms with van der Waals surface area (Å²) in [6.45, 7) is 7.42. The van der Waals surface area contributed by atoms with Crippen molar-refractivity contribution in [3.63, 3.8) is 0 Å². The number of likely N-dealkylation sites (tertiary alicyclic amines) is 1. The van der Waals surface area contributed by atoms with Crippen LogP contribution >= 0.6 is 0 Å². The molecule has 1 aliphatic rings. The molecular weight excluding hydrogens is 308 g/mol. The number of carboxylic acid groups (broad SMARTS) is 1. The van der Waals surface area contributed by atoms with Gasteiger partial charge in [0.05, 0.1) is 18.8 Å². The molecule has 7 heteroatoms. The third-order valence-corrected chi connectivity index (χ3v) is 4.37. The van der Waals surface area contributed by atoms with Gasteiger partial charge in [-0.15, -0.1) is 5.10 Å². The molecule has 1 N–H and O–H groups in total. The molecule has 0 radical (unpaired) electrons. The lowest BCUT2D eigenvalue weighted by molar-refractivity contribution is 0.0690. The number of hydrogen-bond acceptors (Lipinski definition) is 5. The summed E-state index contributed by atoms with van der Waals surface area (Å²) in [5.41, 5.74) is 2.50. The van der Waals surface area contributed by atoms with Crippen molar-refractivity contribution in [1.82, 2.24) is 19.9 Å². The van der Waals surface area contributed by atoms with E-state index in [0.717, 1.165) is 31.8 Å². The van der Waals surface area contributed by atoms with Crippen LogP contribution in [0.2, 0.25) is 0 Å². The van der Waals surface area contributed by atoms with E-state index < -0.39 is 5.97 Å². The second kappa shape index (κ2) is 7.00. The van der Waals surface area contributed by atoms with E-state index in [0.29, 0.717) is 6.61 Å². The van der Waals surface area contributed by atoms with Crippen molar-refractivity contribution in [2.75, 3.05) is 19.7 Å². The smallest absolute Gasteiger partial charge is 0.358 e. The quantitative estimate of drug-likeness (QED) is 0.874. The molecule has 0 amide bonds. The van der Waals surface area contributed by atoms with Crippen LogP contribution in [-0.2, 0) is 6.54 Å². The normalized spacial score (nSPS) is 18.0. The average molecular weight is 330 g/mol. The largest absolute Gasteiger partial charge is 0.494 e. The molecule has 1 aliphatic heterocycles. The van der Waals surface area contributed by atoms with Crippen LogP contribution in [0.15, 0.2) is 24.4 Å². The van der Waals surface area contributed by atoms with Crippen LogP contribution in [0.1, 0.15) is 41.0 Å². The lowest BCUT2D eigenvalue weighted by Gasteiger charge is -2.18. The number of nitrogens with zero attached hydrogens (tertiary/aromatic N) is 4. The zero-order valence-electron chi connectivity index (χ0n) is 14.0. The van der Waals surface area contributed by atoms with Gasteiger partial charge in [-0.2, -0.15) is 0 Å². The third-order valence-electron chi connectivity index (χ3n) is 4.37. The fourth-order valence-electron chi connectivity index (χ4n) is 3.07. The molecule has 0 aliphatic carbocycles. The fourth-order valence-corrected chi connectivity index (χ4v) is 3.07. The maximum Gasteiger partial charge on any atom is 0.358 e. The summed E-state index contributed by atoms with van der Waals surface area (Å²) in [5.74, 6) is -0.136. The number of carbonyl (C=O) groups is 1. The number of aromatic carboxylic acids is 1. The van der Waals surface area contributed by atoms with Gasteiger partial charge in [0.1, 0.15) is 5.75 Å². The van der Waals surface area contributed by atoms with Gasteiger partial charge >= 0.3 is 5.97 Å². The van der Waals surface area contributed by atoms with Gasteiger partial charge in [-0.25, -0.2) is 9.48 Å². The summed E-state index contributed by atoms with van der Waals surface area (Å²) >= 11 is 0. The van der Waals surface area contributed by atoms with Crippen LogP contribution in [0.25, 0.3) is 0 Å². The second-order valence-corrected chi connectivity index (χ2v) is 6.09. The number of aryl methyl sites for hydroxylation is 1. The maximum atomic E-state index is 10.9. The highest BCUT2D eigenvalue weighted by Crippen LogP contribution is 2.25. The van der Waals surface area contributed by atoms with Crippen molar-refractivity contribution in [3.8, 4) is 5.75 Å². The van der Waals surface area contributed by atoms with Crippen molar-refractivity contribution in [2.24, 2.45) is 0 Å². The monoisotopic (exact) mass is 330 g/mol. The predicted octanol–water partition coefficient (Wildman–Crippen LogP) is 2.13. The highest BCUT2D eigenvalue weighted by Gasteiger charge is 2.26. The van der Waals surface area contributed by atoms with E-state index in [2.05, 4.69) is 34.3 Å². The highest BCUT2D eigenvalue weighted by molar-refractivity contribution is 5.84. The Bertz CT molecular complexity index is 728. The summed E-state index contributed by atoms with van der Waals surface area (Å²) in [5, 5.41) is 16.6. The number of rotatable bonds is 6. The lowest BCUT2D eigenvalue weighted by Crippen LogP contribution is -2.22. The molecule has 24 heavy (non-hydrogen) atoms. The molecule has 0 bridgehead atoms. The Morgan fingerprint density at radius 3 is 2.96 bits per heavy atom. The first-order chi connectivity index (χ1) is 11.6. The van der Waals surface area contributed by atoms with Crippen LogP contribution < -0.4 is 4.74 Å². The Morgan fingerprint density at radius 2 is 2.29 bits per heavy atom. The average Bonchev–Trinajstić information content (AvgIpc) is 3.19. The first-order valence-corrected chi connectivity index (χ1v) is 8.16. The topological polar surface area (TPSA) is 80.5 Å². The van der Waals surface area contributed by atoms with Gasteiger partial charge in [-0.05, 0) is 43.5 Å². The minimum absolute atomic E-state index is 0.00388. The minimum atomic E-state index is -1.04. The molecule has 1 saturated heterocycles. The molecular formula is C17H22N4O3. The summed E-state index contributed by atoms with van der Waals surface area (Å²) in [7, 11) is 0. The Kier molecular flexibility index (Phi) is 4.80. The zero-order valence-corrected chi connectivity index (χ0v) is 14.0. The molecule has 1 aromatic carbocycles. The molecule has 2 heterocycles. The summed E-state index contributed by atoms with van der Waals surface area (Å²) in [4.78, 5) is 13.3. The molecule has 2 aromatic rings. The number of carboxylic acids is 1. The maximum absolute atomic E-state index is 10.9. The van der Waals surface area contributed by atoms with E-state index in [1.54, 1.807) is 4.68 Å². The molecule has 1 atom stereocenters. The van der Waals surface area contributed by atoms with Gasteiger partial charge in [-0.3, -0.25) is 4.90 Å². The van der Waals surface area contributed by atoms with Crippen molar-refractivity contribution >= 4 is 5.97 Å². The van der Waals surface area contributed by atoms with Crippen LogP contribution in [0, 0.1) is 6.92 Å². The fraction of sp³-hybridized carbons (Fsp3) is 0.471. The Morgan fingerprint density at radius 1 is 1.46 bits per heavy atom. The summed E-state index contributed by atoms with van der Waals surface area (Å²) in [6, 6.07) is 6.37. The van der Waals surface area contributed by atoms with E-state index in [9.17, 15) is 4.79 Å². The number of aromatic nitrogens is 3. The van der Waals surface area contributed by atoms with E-state index in [-0.39, 0.29) is 11.7 Å². The highest BCUT2D eigenvalue weighted by atomic mass is 16.5. The van der Waals surface area contributed by atoms with E-state index >= 15 is 0 Å². The molecule has 0 saturated carbocycles. The van der Waals surface area contributed by atoms with Crippen LogP contribution in [0.5, 0.6) is 5.75 Å². The molecule has 1 unspecified atom stereocenters. The minimum Gasteiger partial charge on any atom is -0.494 e. The molecule has 0 spiro atoms.